The van der Waals surface area contributed by atoms with Gasteiger partial charge in [-0.3, -0.25) is 4.90 Å². The van der Waals surface area contributed by atoms with Crippen molar-refractivity contribution in [2.75, 3.05) is 45.7 Å². The summed E-state index contributed by atoms with van der Waals surface area (Å²) in [6.07, 6.45) is -2.69. The van der Waals surface area contributed by atoms with Crippen LogP contribution in [0.2, 0.25) is 0 Å². The number of methoxy groups -OCH3 is 1. The molecule has 9 heteroatoms. The van der Waals surface area contributed by atoms with Gasteiger partial charge in [-0.15, -0.1) is 0 Å². The zero-order valence-electron chi connectivity index (χ0n) is 18.0. The predicted octanol–water partition coefficient (Wildman–Crippen LogP) is 5.02. The Hall–Kier alpha value is -2.65. The number of alkyl halides is 3. The van der Waals surface area contributed by atoms with Crippen LogP contribution in [0, 0.1) is 5.82 Å². The highest BCUT2D eigenvalue weighted by Crippen LogP contribution is 2.38. The number of likely N-dealkylation sites (N-methyl/N-ethyl adjacent to an activating group) is 1. The molecule has 172 valence electrons. The van der Waals surface area contributed by atoms with Crippen LogP contribution in [0.1, 0.15) is 24.0 Å². The normalized spacial score (nSPS) is 19.0. The Labute approximate surface area is 184 Å². The SMILES string of the molecule is COCCCC1CN(C2=Nc3cc(F)ccc3Nc3ccc(C(F)(F)F)cc32)CCN1C. The minimum Gasteiger partial charge on any atom is -0.385 e. The standard InChI is InChI=1S/C23H26F4N4O/c1-30-9-10-31(14-17(30)4-3-11-32-2)22-18-12-15(23(25,26)27)5-7-19(18)28-20-8-6-16(24)13-21(20)29-22/h5-8,12-13,17,28H,3-4,9-11,14H2,1-2H3. The van der Waals surface area contributed by atoms with Crippen molar-refractivity contribution in [3.8, 4) is 0 Å². The van der Waals surface area contributed by atoms with Crippen LogP contribution in [-0.4, -0.2) is 62.1 Å². The summed E-state index contributed by atoms with van der Waals surface area (Å²) in [4.78, 5) is 8.94. The third kappa shape index (κ3) is 4.73. The molecule has 32 heavy (non-hydrogen) atoms. The summed E-state index contributed by atoms with van der Waals surface area (Å²) in [5, 5.41) is 3.14. The van der Waals surface area contributed by atoms with Crippen molar-refractivity contribution in [2.45, 2.75) is 25.1 Å². The maximum atomic E-state index is 14.0. The molecule has 1 unspecified atom stereocenters. The molecule has 0 radical (unpaired) electrons. The molecule has 2 aliphatic rings. The highest BCUT2D eigenvalue weighted by atomic mass is 19.4. The molecule has 5 nitrogen and oxygen atoms in total. The van der Waals surface area contributed by atoms with Crippen LogP contribution in [-0.2, 0) is 10.9 Å². The van der Waals surface area contributed by atoms with E-state index >= 15 is 0 Å². The van der Waals surface area contributed by atoms with Gasteiger partial charge in [0.1, 0.15) is 11.7 Å². The number of rotatable bonds is 4. The number of halogens is 4. The monoisotopic (exact) mass is 450 g/mol. The van der Waals surface area contributed by atoms with Crippen molar-refractivity contribution < 1.29 is 22.3 Å². The number of amidine groups is 1. The molecule has 0 saturated carbocycles. The molecule has 1 N–H and O–H groups in total. The van der Waals surface area contributed by atoms with Crippen LogP contribution in [0.15, 0.2) is 41.4 Å². The molecule has 1 fully saturated rings. The first-order valence-electron chi connectivity index (χ1n) is 10.6. The highest BCUT2D eigenvalue weighted by Gasteiger charge is 2.34. The van der Waals surface area contributed by atoms with Crippen LogP contribution in [0.25, 0.3) is 0 Å². The second-order valence-corrected chi connectivity index (χ2v) is 8.20. The van der Waals surface area contributed by atoms with Crippen LogP contribution in [0.5, 0.6) is 0 Å². The van der Waals surface area contributed by atoms with E-state index in [-0.39, 0.29) is 6.04 Å². The molecule has 0 aromatic heterocycles. The number of anilines is 2. The van der Waals surface area contributed by atoms with E-state index in [1.54, 1.807) is 13.2 Å². The van der Waals surface area contributed by atoms with E-state index in [0.29, 0.717) is 48.2 Å². The van der Waals surface area contributed by atoms with Crippen molar-refractivity contribution in [3.05, 3.63) is 53.3 Å². The average molecular weight is 450 g/mol. The van der Waals surface area contributed by atoms with Crippen molar-refractivity contribution in [1.29, 1.82) is 0 Å². The lowest BCUT2D eigenvalue weighted by Gasteiger charge is -2.41. The molecule has 4 rings (SSSR count). The van der Waals surface area contributed by atoms with E-state index < -0.39 is 17.6 Å². The number of nitrogens with one attached hydrogen (secondary N) is 1. The van der Waals surface area contributed by atoms with E-state index in [1.807, 2.05) is 11.9 Å². The van der Waals surface area contributed by atoms with E-state index in [9.17, 15) is 17.6 Å². The molecule has 2 aromatic carbocycles. The van der Waals surface area contributed by atoms with Crippen molar-refractivity contribution in [3.63, 3.8) is 0 Å². The van der Waals surface area contributed by atoms with E-state index in [1.165, 1.54) is 18.2 Å². The van der Waals surface area contributed by atoms with Crippen LogP contribution in [0.4, 0.5) is 34.6 Å². The van der Waals surface area contributed by atoms with Gasteiger partial charge in [0.2, 0.25) is 0 Å². The fourth-order valence-corrected chi connectivity index (χ4v) is 4.19. The molecule has 1 atom stereocenters. The lowest BCUT2D eigenvalue weighted by molar-refractivity contribution is -0.137. The largest absolute Gasteiger partial charge is 0.416 e. The average Bonchev–Trinajstić information content (AvgIpc) is 2.90. The van der Waals surface area contributed by atoms with Crippen LogP contribution < -0.4 is 5.32 Å². The second-order valence-electron chi connectivity index (χ2n) is 8.20. The Morgan fingerprint density at radius 3 is 2.66 bits per heavy atom. The maximum Gasteiger partial charge on any atom is 0.416 e. The Morgan fingerprint density at radius 1 is 1.12 bits per heavy atom. The number of ether oxygens (including phenoxy) is 1. The molecular formula is C23H26F4N4O. The van der Waals surface area contributed by atoms with E-state index in [2.05, 4.69) is 15.2 Å². The molecule has 2 heterocycles. The van der Waals surface area contributed by atoms with Gasteiger partial charge in [-0.2, -0.15) is 13.2 Å². The first-order chi connectivity index (χ1) is 15.3. The quantitative estimate of drug-likeness (QED) is 0.525. The van der Waals surface area contributed by atoms with Gasteiger partial charge in [0, 0.05) is 56.7 Å². The molecule has 0 bridgehead atoms. The molecular weight excluding hydrogens is 424 g/mol. The summed E-state index contributed by atoms with van der Waals surface area (Å²) in [5.41, 5.74) is 1.04. The van der Waals surface area contributed by atoms with Gasteiger partial charge in [-0.1, -0.05) is 0 Å². The first kappa shape index (κ1) is 22.5. The third-order valence-corrected chi connectivity index (χ3v) is 6.01. The van der Waals surface area contributed by atoms with Crippen LogP contribution >= 0.6 is 0 Å². The van der Waals surface area contributed by atoms with Crippen molar-refractivity contribution in [2.24, 2.45) is 4.99 Å². The van der Waals surface area contributed by atoms with Gasteiger partial charge in [-0.05, 0) is 50.2 Å². The molecule has 2 aromatic rings. The maximum absolute atomic E-state index is 14.0. The fourth-order valence-electron chi connectivity index (χ4n) is 4.19. The number of fused-ring (bicyclic) bond motifs is 2. The van der Waals surface area contributed by atoms with Crippen molar-refractivity contribution in [1.82, 2.24) is 9.80 Å². The molecule has 0 amide bonds. The van der Waals surface area contributed by atoms with Crippen LogP contribution in [0.3, 0.4) is 0 Å². The summed E-state index contributed by atoms with van der Waals surface area (Å²) < 4.78 is 59.6. The van der Waals surface area contributed by atoms with Gasteiger partial charge >= 0.3 is 6.18 Å². The number of hydrogen-bond donors (Lipinski definition) is 1. The topological polar surface area (TPSA) is 40.1 Å². The summed E-state index contributed by atoms with van der Waals surface area (Å²) in [5.74, 6) is -0.0285. The number of piperazine rings is 1. The summed E-state index contributed by atoms with van der Waals surface area (Å²) in [6, 6.07) is 7.95. The van der Waals surface area contributed by atoms with Gasteiger partial charge in [0.05, 0.1) is 16.9 Å². The Balaban J connectivity index is 1.76. The summed E-state index contributed by atoms with van der Waals surface area (Å²) in [7, 11) is 3.71. The van der Waals surface area contributed by atoms with E-state index in [0.717, 1.165) is 31.5 Å². The highest BCUT2D eigenvalue weighted by molar-refractivity contribution is 6.08. The van der Waals surface area contributed by atoms with Gasteiger partial charge < -0.3 is 15.0 Å². The Kier molecular flexibility index (Phi) is 6.39. The van der Waals surface area contributed by atoms with Gasteiger partial charge in [0.15, 0.2) is 0 Å². The summed E-state index contributed by atoms with van der Waals surface area (Å²) >= 11 is 0. The van der Waals surface area contributed by atoms with Gasteiger partial charge in [0.25, 0.3) is 0 Å². The fraction of sp³-hybridized carbons (Fsp3) is 0.435. The number of nitrogens with zero attached hydrogens (tertiary/aromatic N) is 3. The molecule has 2 aliphatic heterocycles. The number of hydrogen-bond acceptors (Lipinski definition) is 5. The predicted molar refractivity (Wildman–Crippen MR) is 116 cm³/mol. The van der Waals surface area contributed by atoms with E-state index in [4.69, 9.17) is 4.74 Å². The molecule has 0 aliphatic carbocycles. The number of benzene rings is 2. The minimum absolute atomic E-state index is 0.207. The smallest absolute Gasteiger partial charge is 0.385 e. The van der Waals surface area contributed by atoms with Crippen molar-refractivity contribution >= 4 is 22.9 Å². The first-order valence-corrected chi connectivity index (χ1v) is 10.6. The third-order valence-electron chi connectivity index (χ3n) is 6.01. The second kappa shape index (κ2) is 9.07. The summed E-state index contributed by atoms with van der Waals surface area (Å²) in [6.45, 7) is 2.61. The lowest BCUT2D eigenvalue weighted by atomic mass is 10.0. The zero-order chi connectivity index (χ0) is 22.9. The molecule has 0 spiro atoms. The number of aliphatic imine (C=N–C) groups is 1. The zero-order valence-corrected chi connectivity index (χ0v) is 18.0. The Bertz CT molecular complexity index is 1010. The van der Waals surface area contributed by atoms with Gasteiger partial charge in [-0.25, -0.2) is 9.38 Å². The minimum atomic E-state index is -4.48. The molecule has 1 saturated heterocycles. The lowest BCUT2D eigenvalue weighted by Crippen LogP contribution is -2.53. The Morgan fingerprint density at radius 2 is 1.91 bits per heavy atom.